The van der Waals surface area contributed by atoms with Crippen LogP contribution >= 0.6 is 11.3 Å². The maximum atomic E-state index is 5.28. The van der Waals surface area contributed by atoms with Crippen molar-refractivity contribution in [1.82, 2.24) is 9.97 Å². The minimum Gasteiger partial charge on any atom is -0.227 e. The third kappa shape index (κ3) is 6.58. The Kier molecular flexibility index (Phi) is 8.84. The molecular weight excluding hydrogens is 673 g/mol. The second-order valence-electron chi connectivity index (χ2n) is 13.6. The number of rotatable bonds is 8. The van der Waals surface area contributed by atoms with Crippen LogP contribution < -0.4 is 0 Å². The van der Waals surface area contributed by atoms with E-state index in [-0.39, 0.29) is 0 Å². The first-order valence-electron chi connectivity index (χ1n) is 18.2. The summed E-state index contributed by atoms with van der Waals surface area (Å²) >= 11 is 1.75. The van der Waals surface area contributed by atoms with Crippen LogP contribution in [-0.2, 0) is 0 Å². The minimum atomic E-state index is 0.707. The van der Waals surface area contributed by atoms with Gasteiger partial charge in [0.25, 0.3) is 0 Å². The molecule has 9 aromatic rings. The van der Waals surface area contributed by atoms with Crippen LogP contribution in [0.5, 0.6) is 0 Å². The van der Waals surface area contributed by atoms with E-state index in [1.165, 1.54) is 38.1 Å². The first kappa shape index (κ1) is 33.2. The van der Waals surface area contributed by atoms with E-state index in [0.29, 0.717) is 5.82 Å². The van der Waals surface area contributed by atoms with Crippen molar-refractivity contribution in [3.05, 3.63) is 206 Å². The Morgan fingerprint density at radius 2 is 0.944 bits per heavy atom. The SMILES string of the molecule is C=C(/C=C(\C)c1nc(-c2cccc(-c3cccc(-c4cc(-c5ccccc5)cc(-c5ccccc5)c4)c3)c2)c2sc3ccccc3c2n1)c1ccccc1. The topological polar surface area (TPSA) is 25.8 Å². The molecule has 0 amide bonds. The fourth-order valence-corrected chi connectivity index (χ4v) is 8.29. The molecule has 2 aromatic heterocycles. The van der Waals surface area contributed by atoms with Crippen LogP contribution in [0, 0.1) is 0 Å². The largest absolute Gasteiger partial charge is 0.227 e. The van der Waals surface area contributed by atoms with E-state index in [1.807, 2.05) is 18.2 Å². The van der Waals surface area contributed by atoms with Gasteiger partial charge in [-0.05, 0) is 111 Å². The third-order valence-electron chi connectivity index (χ3n) is 9.92. The summed E-state index contributed by atoms with van der Waals surface area (Å²) in [4.78, 5) is 10.4. The lowest BCUT2D eigenvalue weighted by Crippen LogP contribution is -1.96. The lowest BCUT2D eigenvalue weighted by molar-refractivity contribution is 1.17. The second kappa shape index (κ2) is 14.4. The van der Waals surface area contributed by atoms with Crippen molar-refractivity contribution in [2.24, 2.45) is 0 Å². The summed E-state index contributed by atoms with van der Waals surface area (Å²) in [6.45, 7) is 6.43. The van der Waals surface area contributed by atoms with Crippen molar-refractivity contribution in [2.75, 3.05) is 0 Å². The summed E-state index contributed by atoms with van der Waals surface area (Å²) in [7, 11) is 0. The van der Waals surface area contributed by atoms with E-state index in [1.54, 1.807) is 11.3 Å². The Bertz CT molecular complexity index is 2770. The molecule has 0 saturated heterocycles. The summed E-state index contributed by atoms with van der Waals surface area (Å²) < 4.78 is 2.29. The lowest BCUT2D eigenvalue weighted by Gasteiger charge is -2.13. The number of nitrogens with zero attached hydrogens (tertiary/aromatic N) is 2. The Labute approximate surface area is 320 Å². The van der Waals surface area contributed by atoms with Gasteiger partial charge in [0, 0.05) is 15.6 Å². The van der Waals surface area contributed by atoms with Gasteiger partial charge in [0.2, 0.25) is 0 Å². The van der Waals surface area contributed by atoms with Crippen LogP contribution in [0.4, 0.5) is 0 Å². The molecule has 0 aliphatic rings. The smallest absolute Gasteiger partial charge is 0.156 e. The summed E-state index contributed by atoms with van der Waals surface area (Å²) in [6.07, 6.45) is 2.09. The second-order valence-corrected chi connectivity index (χ2v) is 14.6. The molecule has 0 saturated carbocycles. The summed E-state index contributed by atoms with van der Waals surface area (Å²) in [6, 6.07) is 64.6. The number of fused-ring (bicyclic) bond motifs is 3. The van der Waals surface area contributed by atoms with Gasteiger partial charge in [-0.15, -0.1) is 11.3 Å². The van der Waals surface area contributed by atoms with E-state index in [0.717, 1.165) is 54.7 Å². The van der Waals surface area contributed by atoms with Crippen molar-refractivity contribution in [3.8, 4) is 55.8 Å². The molecule has 0 atom stereocenters. The highest BCUT2D eigenvalue weighted by molar-refractivity contribution is 7.26. The molecule has 0 N–H and O–H groups in total. The highest BCUT2D eigenvalue weighted by Crippen LogP contribution is 2.40. The lowest BCUT2D eigenvalue weighted by atomic mass is 9.92. The molecule has 0 unspecified atom stereocenters. The number of aromatic nitrogens is 2. The van der Waals surface area contributed by atoms with Crippen LogP contribution in [0.1, 0.15) is 18.3 Å². The molecule has 9 rings (SSSR count). The van der Waals surface area contributed by atoms with Gasteiger partial charge < -0.3 is 0 Å². The normalized spacial score (nSPS) is 11.6. The Hall–Kier alpha value is -6.68. The maximum absolute atomic E-state index is 5.28. The zero-order valence-electron chi connectivity index (χ0n) is 29.9. The number of benzene rings is 7. The highest BCUT2D eigenvalue weighted by Gasteiger charge is 2.17. The van der Waals surface area contributed by atoms with E-state index >= 15 is 0 Å². The van der Waals surface area contributed by atoms with Gasteiger partial charge in [0.1, 0.15) is 0 Å². The molecule has 0 bridgehead atoms. The van der Waals surface area contributed by atoms with E-state index in [2.05, 4.69) is 183 Å². The van der Waals surface area contributed by atoms with Gasteiger partial charge in [-0.3, -0.25) is 0 Å². The number of allylic oxidation sites excluding steroid dienone is 3. The Morgan fingerprint density at radius 3 is 1.57 bits per heavy atom. The van der Waals surface area contributed by atoms with E-state index < -0.39 is 0 Å². The standard InChI is InChI=1S/C51H36N2S/c1-34(36-16-6-3-7-17-36)28-35(2)51-52-48(50-49(53-51)46-26-12-13-27-47(46)54-50)42-25-15-23-40(30-42)39-22-14-24-41(29-39)45-32-43(37-18-8-4-9-19-37)31-44(33-45)38-20-10-5-11-21-38/h3-33H,1H2,2H3/b35-28+. The molecule has 0 aliphatic carbocycles. The van der Waals surface area contributed by atoms with Gasteiger partial charge in [0.05, 0.1) is 15.9 Å². The first-order chi connectivity index (χ1) is 26.6. The van der Waals surface area contributed by atoms with Gasteiger partial charge >= 0.3 is 0 Å². The van der Waals surface area contributed by atoms with Crippen molar-refractivity contribution < 1.29 is 0 Å². The molecule has 3 heteroatoms. The van der Waals surface area contributed by atoms with Gasteiger partial charge in [-0.2, -0.15) is 0 Å². The van der Waals surface area contributed by atoms with Crippen molar-refractivity contribution in [3.63, 3.8) is 0 Å². The third-order valence-corrected chi connectivity index (χ3v) is 11.1. The maximum Gasteiger partial charge on any atom is 0.156 e. The fraction of sp³-hybridized carbons (Fsp3) is 0.0196. The predicted molar refractivity (Wildman–Crippen MR) is 231 cm³/mol. The minimum absolute atomic E-state index is 0.707. The predicted octanol–water partition coefficient (Wildman–Crippen LogP) is 14.3. The van der Waals surface area contributed by atoms with E-state index in [9.17, 15) is 0 Å². The van der Waals surface area contributed by atoms with Gasteiger partial charge in [0.15, 0.2) is 5.82 Å². The van der Waals surface area contributed by atoms with Crippen LogP contribution in [-0.4, -0.2) is 9.97 Å². The monoisotopic (exact) mass is 708 g/mol. The Morgan fingerprint density at radius 1 is 0.481 bits per heavy atom. The summed E-state index contributed by atoms with van der Waals surface area (Å²) in [5.74, 6) is 0.707. The van der Waals surface area contributed by atoms with Crippen LogP contribution in [0.25, 0.3) is 87.2 Å². The Balaban J connectivity index is 1.14. The van der Waals surface area contributed by atoms with Gasteiger partial charge in [-0.25, -0.2) is 9.97 Å². The number of thiophene rings is 1. The molecule has 0 fully saturated rings. The zero-order chi connectivity index (χ0) is 36.4. The zero-order valence-corrected chi connectivity index (χ0v) is 30.7. The van der Waals surface area contributed by atoms with Crippen LogP contribution in [0.3, 0.4) is 0 Å². The molecule has 0 spiro atoms. The van der Waals surface area contributed by atoms with Crippen molar-refractivity contribution in [1.29, 1.82) is 0 Å². The molecule has 2 nitrogen and oxygen atoms in total. The molecular formula is C51H36N2S. The van der Waals surface area contributed by atoms with Crippen molar-refractivity contribution >= 4 is 42.8 Å². The van der Waals surface area contributed by atoms with Crippen molar-refractivity contribution in [2.45, 2.75) is 6.92 Å². The van der Waals surface area contributed by atoms with E-state index in [4.69, 9.17) is 9.97 Å². The molecule has 0 aliphatic heterocycles. The average Bonchev–Trinajstić information content (AvgIpc) is 3.63. The quantitative estimate of drug-likeness (QED) is 0.147. The summed E-state index contributed by atoms with van der Waals surface area (Å²) in [5, 5.41) is 1.15. The van der Waals surface area contributed by atoms with Crippen LogP contribution in [0.2, 0.25) is 0 Å². The number of hydrogen-bond donors (Lipinski definition) is 0. The summed E-state index contributed by atoms with van der Waals surface area (Å²) in [5.41, 5.74) is 15.4. The average molecular weight is 709 g/mol. The molecule has 2 heterocycles. The highest BCUT2D eigenvalue weighted by atomic mass is 32.1. The van der Waals surface area contributed by atoms with Gasteiger partial charge in [-0.1, -0.05) is 152 Å². The molecule has 54 heavy (non-hydrogen) atoms. The fourth-order valence-electron chi connectivity index (χ4n) is 7.14. The molecule has 7 aromatic carbocycles. The number of hydrogen-bond acceptors (Lipinski definition) is 3. The molecule has 256 valence electrons. The van der Waals surface area contributed by atoms with Crippen LogP contribution in [0.15, 0.2) is 195 Å². The molecule has 0 radical (unpaired) electrons. The first-order valence-corrected chi connectivity index (χ1v) is 19.0.